The minimum absolute atomic E-state index is 0.0160. The third kappa shape index (κ3) is 2.83. The van der Waals surface area contributed by atoms with Crippen molar-refractivity contribution in [1.29, 1.82) is 5.41 Å². The number of para-hydroxylation sites is 1. The van der Waals surface area contributed by atoms with Crippen molar-refractivity contribution < 1.29 is 20.1 Å². The average molecular weight is 385 g/mol. The third-order valence-electron chi connectivity index (χ3n) is 4.99. The lowest BCUT2D eigenvalue weighted by Crippen LogP contribution is -2.33. The van der Waals surface area contributed by atoms with Gasteiger partial charge in [-0.2, -0.15) is 0 Å². The van der Waals surface area contributed by atoms with Gasteiger partial charge >= 0.3 is 0 Å². The number of hydrogen-bond acceptors (Lipinski definition) is 7. The van der Waals surface area contributed by atoms with E-state index in [0.29, 0.717) is 17.0 Å². The minimum atomic E-state index is -1.24. The van der Waals surface area contributed by atoms with Crippen LogP contribution in [0.2, 0.25) is 0 Å². The fourth-order valence-corrected chi connectivity index (χ4v) is 3.53. The molecule has 3 heterocycles. The summed E-state index contributed by atoms with van der Waals surface area (Å²) in [4.78, 5) is 9.05. The summed E-state index contributed by atoms with van der Waals surface area (Å²) in [5.74, 6) is 0.680. The smallest absolute Gasteiger partial charge is 0.167 e. The first-order valence-electron chi connectivity index (χ1n) is 9.16. The lowest BCUT2D eigenvalue weighted by atomic mass is 10.1. The number of hydrogen-bond donors (Lipinski definition) is 4. The molecule has 2 aromatic heterocycles. The van der Waals surface area contributed by atoms with Crippen LogP contribution in [0.15, 0.2) is 36.7 Å². The normalized spacial score (nSPS) is 25.1. The van der Waals surface area contributed by atoms with Crippen LogP contribution in [0.1, 0.15) is 31.8 Å². The number of aliphatic hydroxyl groups is 3. The average Bonchev–Trinajstić information content (AvgIpc) is 3.24. The SMILES string of the molecule is CC(C)c1nc2c(ncn2[C@@H]2O[C@H](CO)[C@@H](O)[C@H]2O)c(=N)n1-c1ccccc1. The van der Waals surface area contributed by atoms with Crippen LogP contribution >= 0.6 is 0 Å². The maximum absolute atomic E-state index is 10.4. The highest BCUT2D eigenvalue weighted by atomic mass is 16.6. The summed E-state index contributed by atoms with van der Waals surface area (Å²) >= 11 is 0. The molecule has 9 heteroatoms. The van der Waals surface area contributed by atoms with Crippen molar-refractivity contribution in [2.45, 2.75) is 44.3 Å². The Labute approximate surface area is 161 Å². The molecule has 28 heavy (non-hydrogen) atoms. The first-order chi connectivity index (χ1) is 13.4. The van der Waals surface area contributed by atoms with Crippen LogP contribution in [0.25, 0.3) is 16.9 Å². The molecule has 9 nitrogen and oxygen atoms in total. The number of fused-ring (bicyclic) bond motifs is 1. The van der Waals surface area contributed by atoms with Crippen molar-refractivity contribution >= 4 is 11.2 Å². The second-order valence-corrected chi connectivity index (χ2v) is 7.20. The van der Waals surface area contributed by atoms with Gasteiger partial charge in [0.2, 0.25) is 0 Å². The highest BCUT2D eigenvalue weighted by Crippen LogP contribution is 2.31. The van der Waals surface area contributed by atoms with Gasteiger partial charge < -0.3 is 20.1 Å². The summed E-state index contributed by atoms with van der Waals surface area (Å²) in [5, 5.41) is 38.5. The van der Waals surface area contributed by atoms with E-state index in [1.165, 1.54) is 10.9 Å². The largest absolute Gasteiger partial charge is 0.394 e. The van der Waals surface area contributed by atoms with Crippen LogP contribution in [-0.4, -0.2) is 59.3 Å². The predicted molar refractivity (Wildman–Crippen MR) is 99.8 cm³/mol. The fraction of sp³-hybridized carbons (Fsp3) is 0.421. The molecule has 4 N–H and O–H groups in total. The molecule has 148 valence electrons. The molecule has 1 saturated heterocycles. The van der Waals surface area contributed by atoms with Gasteiger partial charge in [0.1, 0.15) is 24.1 Å². The van der Waals surface area contributed by atoms with E-state index in [1.54, 1.807) is 4.57 Å². The van der Waals surface area contributed by atoms with Crippen LogP contribution in [0.3, 0.4) is 0 Å². The van der Waals surface area contributed by atoms with Crippen LogP contribution in [0.4, 0.5) is 0 Å². The standard InChI is InChI=1S/C19H23N5O4/c1-10(2)17-22-18-13(16(20)24(17)11-6-4-3-5-7-11)21-9-23(18)19-15(27)14(26)12(8-25)28-19/h3-7,9-10,12,14-15,19-20,25-27H,8H2,1-2H3/t12-,14-,15-,19-/m1/s1. The molecule has 1 aromatic carbocycles. The summed E-state index contributed by atoms with van der Waals surface area (Å²) in [6.45, 7) is 3.56. The number of rotatable bonds is 4. The Balaban J connectivity index is 1.91. The number of nitrogens with zero attached hydrogens (tertiary/aromatic N) is 4. The minimum Gasteiger partial charge on any atom is -0.394 e. The Hall–Kier alpha value is -2.59. The number of imidazole rings is 1. The van der Waals surface area contributed by atoms with E-state index < -0.39 is 31.1 Å². The maximum Gasteiger partial charge on any atom is 0.167 e. The molecule has 0 radical (unpaired) electrons. The molecule has 4 rings (SSSR count). The van der Waals surface area contributed by atoms with Gasteiger partial charge in [-0.25, -0.2) is 9.97 Å². The summed E-state index contributed by atoms with van der Waals surface area (Å²) in [5.41, 5.74) is 1.72. The second-order valence-electron chi connectivity index (χ2n) is 7.20. The molecule has 1 aliphatic rings. The predicted octanol–water partition coefficient (Wildman–Crippen LogP) is 0.436. The van der Waals surface area contributed by atoms with Crippen LogP contribution < -0.4 is 5.49 Å². The molecule has 0 unspecified atom stereocenters. The lowest BCUT2D eigenvalue weighted by Gasteiger charge is -2.19. The molecule has 0 amide bonds. The van der Waals surface area contributed by atoms with Crippen molar-refractivity contribution in [1.82, 2.24) is 19.1 Å². The van der Waals surface area contributed by atoms with Crippen LogP contribution in [-0.2, 0) is 4.74 Å². The van der Waals surface area contributed by atoms with Gasteiger partial charge in [-0.15, -0.1) is 0 Å². The zero-order valence-corrected chi connectivity index (χ0v) is 15.6. The van der Waals surface area contributed by atoms with Crippen molar-refractivity contribution in [3.05, 3.63) is 48.0 Å². The van der Waals surface area contributed by atoms with Gasteiger partial charge in [0.05, 0.1) is 12.9 Å². The Morgan fingerprint density at radius 1 is 1.18 bits per heavy atom. The van der Waals surface area contributed by atoms with Crippen LogP contribution in [0, 0.1) is 5.41 Å². The number of ether oxygens (including phenoxy) is 1. The van der Waals surface area contributed by atoms with E-state index in [-0.39, 0.29) is 11.4 Å². The molecule has 1 aliphatic heterocycles. The summed E-state index contributed by atoms with van der Waals surface area (Å²) in [6, 6.07) is 9.51. The van der Waals surface area contributed by atoms with Gasteiger partial charge in [-0.3, -0.25) is 14.5 Å². The van der Waals surface area contributed by atoms with E-state index in [2.05, 4.69) is 4.98 Å². The summed E-state index contributed by atoms with van der Waals surface area (Å²) in [7, 11) is 0. The maximum atomic E-state index is 10.4. The van der Waals surface area contributed by atoms with Crippen molar-refractivity contribution in [3.8, 4) is 5.69 Å². The summed E-state index contributed by atoms with van der Waals surface area (Å²) in [6.07, 6.45) is -2.86. The van der Waals surface area contributed by atoms with E-state index in [1.807, 2.05) is 44.2 Å². The molecule has 0 saturated carbocycles. The van der Waals surface area contributed by atoms with Crippen molar-refractivity contribution in [2.75, 3.05) is 6.61 Å². The van der Waals surface area contributed by atoms with Gasteiger partial charge in [-0.1, -0.05) is 32.0 Å². The Morgan fingerprint density at radius 2 is 1.89 bits per heavy atom. The van der Waals surface area contributed by atoms with E-state index in [0.717, 1.165) is 5.69 Å². The molecule has 0 spiro atoms. The van der Waals surface area contributed by atoms with E-state index in [4.69, 9.17) is 15.1 Å². The monoisotopic (exact) mass is 385 g/mol. The first-order valence-corrected chi connectivity index (χ1v) is 9.16. The van der Waals surface area contributed by atoms with Gasteiger partial charge in [0.15, 0.2) is 22.9 Å². The molecular weight excluding hydrogens is 362 g/mol. The summed E-state index contributed by atoms with van der Waals surface area (Å²) < 4.78 is 8.87. The first kappa shape index (κ1) is 18.8. The van der Waals surface area contributed by atoms with Gasteiger partial charge in [0.25, 0.3) is 0 Å². The molecule has 3 aromatic rings. The molecule has 0 aliphatic carbocycles. The Morgan fingerprint density at radius 3 is 2.50 bits per heavy atom. The molecule has 1 fully saturated rings. The lowest BCUT2D eigenvalue weighted by molar-refractivity contribution is -0.0511. The number of nitrogens with one attached hydrogen (secondary N) is 1. The Bertz CT molecular complexity index is 1050. The molecule has 0 bridgehead atoms. The molecule has 4 atom stereocenters. The van der Waals surface area contributed by atoms with Crippen molar-refractivity contribution in [3.63, 3.8) is 0 Å². The van der Waals surface area contributed by atoms with E-state index in [9.17, 15) is 15.3 Å². The number of aliphatic hydroxyl groups excluding tert-OH is 3. The van der Waals surface area contributed by atoms with Gasteiger partial charge in [-0.05, 0) is 12.1 Å². The zero-order valence-electron chi connectivity index (χ0n) is 15.6. The number of aromatic nitrogens is 4. The second kappa shape index (κ2) is 7.10. The fourth-order valence-electron chi connectivity index (χ4n) is 3.53. The highest BCUT2D eigenvalue weighted by molar-refractivity contribution is 5.70. The quantitative estimate of drug-likeness (QED) is 0.516. The highest BCUT2D eigenvalue weighted by Gasteiger charge is 2.44. The van der Waals surface area contributed by atoms with E-state index >= 15 is 0 Å². The number of benzene rings is 1. The van der Waals surface area contributed by atoms with Gasteiger partial charge in [0, 0.05) is 11.6 Å². The van der Waals surface area contributed by atoms with Crippen LogP contribution in [0.5, 0.6) is 0 Å². The molecular formula is C19H23N5O4. The topological polar surface area (TPSA) is 129 Å². The Kier molecular flexibility index (Phi) is 4.76. The zero-order chi connectivity index (χ0) is 20.0. The van der Waals surface area contributed by atoms with Crippen molar-refractivity contribution in [2.24, 2.45) is 0 Å². The third-order valence-corrected chi connectivity index (χ3v) is 4.99.